The summed E-state index contributed by atoms with van der Waals surface area (Å²) in [5.41, 5.74) is 5.57. The number of rotatable bonds is 5. The van der Waals surface area contributed by atoms with Crippen molar-refractivity contribution in [3.05, 3.63) is 89.5 Å². The van der Waals surface area contributed by atoms with E-state index in [9.17, 15) is 9.90 Å². The van der Waals surface area contributed by atoms with Crippen molar-refractivity contribution in [2.45, 2.75) is 20.1 Å². The molecule has 4 rings (SSSR count). The second-order valence-corrected chi connectivity index (χ2v) is 6.62. The Morgan fingerprint density at radius 2 is 1.96 bits per heavy atom. The third-order valence-corrected chi connectivity index (χ3v) is 4.63. The average molecular weight is 372 g/mol. The van der Waals surface area contributed by atoms with Gasteiger partial charge in [0, 0.05) is 30.7 Å². The number of aryl methyl sites for hydroxylation is 1. The van der Waals surface area contributed by atoms with Crippen molar-refractivity contribution >= 4 is 11.6 Å². The van der Waals surface area contributed by atoms with E-state index in [1.54, 1.807) is 35.1 Å². The van der Waals surface area contributed by atoms with E-state index >= 15 is 0 Å². The molecule has 1 amide bonds. The summed E-state index contributed by atoms with van der Waals surface area (Å²) in [6, 6.07) is 15.3. The van der Waals surface area contributed by atoms with E-state index in [-0.39, 0.29) is 12.5 Å². The Morgan fingerprint density at radius 1 is 1.14 bits per heavy atom. The number of aromatic nitrogens is 3. The first-order chi connectivity index (χ1) is 13.7. The van der Waals surface area contributed by atoms with Crippen LogP contribution in [0, 0.1) is 6.92 Å². The topological polar surface area (TPSA) is 79.5 Å². The number of amides is 1. The Morgan fingerprint density at radius 3 is 2.68 bits per heavy atom. The minimum atomic E-state index is -0.194. The van der Waals surface area contributed by atoms with Gasteiger partial charge in [0.2, 0.25) is 0 Å². The fraction of sp³-hybridized carbons (Fsp3) is 0.136. The van der Waals surface area contributed by atoms with Crippen LogP contribution in [-0.4, -0.2) is 25.4 Å². The molecule has 0 unspecified atom stereocenters. The highest BCUT2D eigenvalue weighted by atomic mass is 16.3. The highest BCUT2D eigenvalue weighted by Gasteiger charge is 2.15. The molecule has 6 heteroatoms. The van der Waals surface area contributed by atoms with Crippen LogP contribution in [0.15, 0.2) is 67.1 Å². The van der Waals surface area contributed by atoms with E-state index in [0.717, 1.165) is 22.4 Å². The molecule has 0 radical (unpaired) electrons. The standard InChI is InChI=1S/C22H20N4O2/c1-15-4-6-17(7-5-15)21-19(14-27)26-13-18(8-9-20(26)25-21)22(28)24-12-16-3-2-10-23-11-16/h2-11,13,27H,12,14H2,1H3,(H,24,28). The minimum absolute atomic E-state index is 0.175. The number of hydrogen-bond donors (Lipinski definition) is 2. The van der Waals surface area contributed by atoms with Gasteiger partial charge in [-0.1, -0.05) is 35.9 Å². The molecule has 0 saturated heterocycles. The maximum absolute atomic E-state index is 12.5. The number of nitrogens with one attached hydrogen (secondary N) is 1. The van der Waals surface area contributed by atoms with Crippen LogP contribution in [0.1, 0.15) is 27.2 Å². The van der Waals surface area contributed by atoms with Crippen LogP contribution in [0.25, 0.3) is 16.9 Å². The molecular weight excluding hydrogens is 352 g/mol. The zero-order valence-electron chi connectivity index (χ0n) is 15.5. The zero-order chi connectivity index (χ0) is 19.5. The number of imidazole rings is 1. The number of benzene rings is 1. The van der Waals surface area contributed by atoms with Gasteiger partial charge in [0.1, 0.15) is 5.65 Å². The molecule has 3 aromatic heterocycles. The van der Waals surface area contributed by atoms with Crippen LogP contribution >= 0.6 is 0 Å². The summed E-state index contributed by atoms with van der Waals surface area (Å²) in [5.74, 6) is -0.194. The quantitative estimate of drug-likeness (QED) is 0.564. The van der Waals surface area contributed by atoms with Crippen LogP contribution in [-0.2, 0) is 13.2 Å². The Labute approximate surface area is 162 Å². The number of hydrogen-bond acceptors (Lipinski definition) is 4. The first-order valence-corrected chi connectivity index (χ1v) is 9.01. The van der Waals surface area contributed by atoms with Crippen LogP contribution in [0.3, 0.4) is 0 Å². The molecule has 2 N–H and O–H groups in total. The smallest absolute Gasteiger partial charge is 0.253 e. The molecule has 0 aliphatic heterocycles. The van der Waals surface area contributed by atoms with Gasteiger partial charge in [-0.2, -0.15) is 0 Å². The molecule has 0 atom stereocenters. The van der Waals surface area contributed by atoms with Crippen LogP contribution in [0.2, 0.25) is 0 Å². The van der Waals surface area contributed by atoms with Gasteiger partial charge in [-0.05, 0) is 30.7 Å². The van der Waals surface area contributed by atoms with Crippen molar-refractivity contribution in [3.8, 4) is 11.3 Å². The predicted molar refractivity (Wildman–Crippen MR) is 107 cm³/mol. The number of nitrogens with zero attached hydrogens (tertiary/aromatic N) is 3. The molecule has 1 aromatic carbocycles. The van der Waals surface area contributed by atoms with Crippen LogP contribution < -0.4 is 5.32 Å². The number of aliphatic hydroxyl groups excluding tert-OH is 1. The fourth-order valence-corrected chi connectivity index (χ4v) is 3.11. The van der Waals surface area contributed by atoms with E-state index in [1.807, 2.05) is 43.3 Å². The molecule has 140 valence electrons. The Bertz CT molecular complexity index is 1120. The van der Waals surface area contributed by atoms with Gasteiger partial charge < -0.3 is 14.8 Å². The van der Waals surface area contributed by atoms with Crippen molar-refractivity contribution < 1.29 is 9.90 Å². The summed E-state index contributed by atoms with van der Waals surface area (Å²) in [5, 5.41) is 12.8. The largest absolute Gasteiger partial charge is 0.390 e. The number of fused-ring (bicyclic) bond motifs is 1. The van der Waals surface area contributed by atoms with Gasteiger partial charge in [-0.25, -0.2) is 4.98 Å². The van der Waals surface area contributed by atoms with Crippen molar-refractivity contribution in [1.29, 1.82) is 0 Å². The van der Waals surface area contributed by atoms with Crippen LogP contribution in [0.4, 0.5) is 0 Å². The van der Waals surface area contributed by atoms with Crippen LogP contribution in [0.5, 0.6) is 0 Å². The molecule has 0 saturated carbocycles. The van der Waals surface area contributed by atoms with Crippen molar-refractivity contribution in [3.63, 3.8) is 0 Å². The Hall–Kier alpha value is -3.51. The number of carbonyl (C=O) groups excluding carboxylic acids is 1. The molecule has 6 nitrogen and oxygen atoms in total. The van der Waals surface area contributed by atoms with Gasteiger partial charge in [0.05, 0.1) is 23.6 Å². The highest BCUT2D eigenvalue weighted by Crippen LogP contribution is 2.25. The number of carbonyl (C=O) groups is 1. The van der Waals surface area contributed by atoms with Gasteiger partial charge in [-0.15, -0.1) is 0 Å². The lowest BCUT2D eigenvalue weighted by Gasteiger charge is -2.07. The lowest BCUT2D eigenvalue weighted by atomic mass is 10.1. The molecule has 3 heterocycles. The maximum Gasteiger partial charge on any atom is 0.253 e. The summed E-state index contributed by atoms with van der Waals surface area (Å²) in [6.45, 7) is 2.25. The van der Waals surface area contributed by atoms with Gasteiger partial charge in [-0.3, -0.25) is 9.78 Å². The molecule has 0 fully saturated rings. The van der Waals surface area contributed by atoms with Crippen molar-refractivity contribution in [1.82, 2.24) is 19.7 Å². The highest BCUT2D eigenvalue weighted by molar-refractivity contribution is 5.94. The van der Waals surface area contributed by atoms with E-state index < -0.39 is 0 Å². The molecule has 28 heavy (non-hydrogen) atoms. The van der Waals surface area contributed by atoms with E-state index in [0.29, 0.717) is 23.4 Å². The van der Waals surface area contributed by atoms with Gasteiger partial charge >= 0.3 is 0 Å². The van der Waals surface area contributed by atoms with Crippen molar-refractivity contribution in [2.75, 3.05) is 0 Å². The number of aliphatic hydroxyl groups is 1. The normalized spacial score (nSPS) is 10.9. The fourth-order valence-electron chi connectivity index (χ4n) is 3.11. The van der Waals surface area contributed by atoms with Crippen molar-refractivity contribution in [2.24, 2.45) is 0 Å². The third kappa shape index (κ3) is 3.50. The summed E-state index contributed by atoms with van der Waals surface area (Å²) in [7, 11) is 0. The maximum atomic E-state index is 12.5. The first kappa shape index (κ1) is 17.9. The summed E-state index contributed by atoms with van der Waals surface area (Å²) in [6.07, 6.45) is 5.13. The number of pyridine rings is 2. The second-order valence-electron chi connectivity index (χ2n) is 6.62. The monoisotopic (exact) mass is 372 g/mol. The zero-order valence-corrected chi connectivity index (χ0v) is 15.5. The van der Waals surface area contributed by atoms with E-state index in [1.165, 1.54) is 0 Å². The summed E-state index contributed by atoms with van der Waals surface area (Å²) in [4.78, 5) is 21.2. The SMILES string of the molecule is Cc1ccc(-c2nc3ccc(C(=O)NCc4cccnc4)cn3c2CO)cc1. The first-order valence-electron chi connectivity index (χ1n) is 9.01. The minimum Gasteiger partial charge on any atom is -0.390 e. The molecule has 0 aliphatic rings. The van der Waals surface area contributed by atoms with Gasteiger partial charge in [0.15, 0.2) is 0 Å². The average Bonchev–Trinajstić information content (AvgIpc) is 3.11. The molecular formula is C22H20N4O2. The lowest BCUT2D eigenvalue weighted by Crippen LogP contribution is -2.23. The summed E-state index contributed by atoms with van der Waals surface area (Å²) < 4.78 is 1.77. The molecule has 0 spiro atoms. The molecule has 4 aromatic rings. The van der Waals surface area contributed by atoms with E-state index in [2.05, 4.69) is 15.3 Å². The molecule has 0 bridgehead atoms. The Balaban J connectivity index is 1.64. The van der Waals surface area contributed by atoms with Gasteiger partial charge in [0.25, 0.3) is 5.91 Å². The summed E-state index contributed by atoms with van der Waals surface area (Å²) >= 11 is 0. The molecule has 0 aliphatic carbocycles. The lowest BCUT2D eigenvalue weighted by molar-refractivity contribution is 0.0950. The predicted octanol–water partition coefficient (Wildman–Crippen LogP) is 3.13. The Kier molecular flexibility index (Phi) is 4.87. The second kappa shape index (κ2) is 7.62. The third-order valence-electron chi connectivity index (χ3n) is 4.63. The van der Waals surface area contributed by atoms with E-state index in [4.69, 9.17) is 0 Å².